The lowest BCUT2D eigenvalue weighted by Gasteiger charge is -2.13. The van der Waals surface area contributed by atoms with E-state index < -0.39 is 0 Å². The molecule has 0 unspecified atom stereocenters. The highest BCUT2D eigenvalue weighted by Crippen LogP contribution is 2.35. The highest BCUT2D eigenvalue weighted by Gasteiger charge is 2.13. The molecule has 0 heterocycles. The molecule has 2 N–H and O–H groups in total. The van der Waals surface area contributed by atoms with Gasteiger partial charge in [0, 0.05) is 15.6 Å². The third-order valence-electron chi connectivity index (χ3n) is 3.22. The van der Waals surface area contributed by atoms with Gasteiger partial charge in [0.25, 0.3) is 5.91 Å². The molecule has 0 bridgehead atoms. The zero-order chi connectivity index (χ0) is 14.9. The van der Waals surface area contributed by atoms with E-state index in [0.717, 1.165) is 11.1 Å². The first kappa shape index (κ1) is 14.6. The molecule has 0 fully saturated rings. The van der Waals surface area contributed by atoms with Gasteiger partial charge in [0.1, 0.15) is 5.75 Å². The number of amides is 1. The Kier molecular flexibility index (Phi) is 4.14. The van der Waals surface area contributed by atoms with Crippen LogP contribution in [0, 0.1) is 20.8 Å². The van der Waals surface area contributed by atoms with Gasteiger partial charge in [-0.2, -0.15) is 0 Å². The Bertz CT molecular complexity index is 663. The number of phenols is 1. The fraction of sp³-hybridized carbons (Fsp3) is 0.188. The van der Waals surface area contributed by atoms with Gasteiger partial charge in [-0.3, -0.25) is 4.79 Å². The quantitative estimate of drug-likeness (QED) is 0.803. The molecule has 1 amide bonds. The summed E-state index contributed by atoms with van der Waals surface area (Å²) in [5, 5.41) is 12.7. The number of aromatic hydroxyl groups is 1. The second kappa shape index (κ2) is 5.67. The van der Waals surface area contributed by atoms with Gasteiger partial charge in [-0.15, -0.1) is 0 Å². The molecule has 2 aromatic carbocycles. The van der Waals surface area contributed by atoms with E-state index in [1.165, 1.54) is 0 Å². The van der Waals surface area contributed by atoms with Gasteiger partial charge in [-0.25, -0.2) is 0 Å². The van der Waals surface area contributed by atoms with E-state index in [2.05, 4.69) is 21.2 Å². The summed E-state index contributed by atoms with van der Waals surface area (Å²) in [6.07, 6.45) is 0. The van der Waals surface area contributed by atoms with Gasteiger partial charge in [0.15, 0.2) is 0 Å². The summed E-state index contributed by atoms with van der Waals surface area (Å²) < 4.78 is 0.695. The van der Waals surface area contributed by atoms with E-state index in [1.54, 1.807) is 32.0 Å². The van der Waals surface area contributed by atoms with Crippen molar-refractivity contribution >= 4 is 27.5 Å². The fourth-order valence-electron chi connectivity index (χ4n) is 1.94. The molecule has 2 rings (SSSR count). The van der Waals surface area contributed by atoms with Gasteiger partial charge in [-0.1, -0.05) is 17.7 Å². The first-order valence-corrected chi connectivity index (χ1v) is 7.06. The molecule has 104 valence electrons. The smallest absolute Gasteiger partial charge is 0.255 e. The van der Waals surface area contributed by atoms with Crippen LogP contribution in [0.15, 0.2) is 34.8 Å². The SMILES string of the molecule is Cc1ccc(C(=O)Nc2cc(C)c(O)c(C)c2Br)cc1. The lowest BCUT2D eigenvalue weighted by Crippen LogP contribution is -2.12. The van der Waals surface area contributed by atoms with Crippen LogP contribution in [-0.4, -0.2) is 11.0 Å². The number of phenolic OH excluding ortho intramolecular Hbond substituents is 1. The number of anilines is 1. The number of rotatable bonds is 2. The Morgan fingerprint density at radius 3 is 2.35 bits per heavy atom. The van der Waals surface area contributed by atoms with E-state index in [0.29, 0.717) is 21.3 Å². The van der Waals surface area contributed by atoms with Crippen molar-refractivity contribution in [3.05, 3.63) is 57.1 Å². The third kappa shape index (κ3) is 2.85. The predicted octanol–water partition coefficient (Wildman–Crippen LogP) is 4.33. The number of benzene rings is 2. The van der Waals surface area contributed by atoms with Crippen molar-refractivity contribution in [3.8, 4) is 5.75 Å². The Labute approximate surface area is 126 Å². The summed E-state index contributed by atoms with van der Waals surface area (Å²) in [7, 11) is 0. The van der Waals surface area contributed by atoms with Crippen LogP contribution in [0.5, 0.6) is 5.75 Å². The van der Waals surface area contributed by atoms with Gasteiger partial charge < -0.3 is 10.4 Å². The molecule has 0 aromatic heterocycles. The molecule has 0 atom stereocenters. The van der Waals surface area contributed by atoms with Gasteiger partial charge in [0.2, 0.25) is 0 Å². The van der Waals surface area contributed by atoms with Crippen molar-refractivity contribution in [3.63, 3.8) is 0 Å². The maximum atomic E-state index is 12.2. The first-order chi connectivity index (χ1) is 9.40. The van der Waals surface area contributed by atoms with Crippen molar-refractivity contribution < 1.29 is 9.90 Å². The lowest BCUT2D eigenvalue weighted by molar-refractivity contribution is 0.102. The maximum absolute atomic E-state index is 12.2. The van der Waals surface area contributed by atoms with E-state index in [-0.39, 0.29) is 11.7 Å². The molecule has 0 aliphatic heterocycles. The maximum Gasteiger partial charge on any atom is 0.255 e. The predicted molar refractivity (Wildman–Crippen MR) is 84.4 cm³/mol. The number of halogens is 1. The minimum absolute atomic E-state index is 0.171. The Morgan fingerprint density at radius 1 is 1.15 bits per heavy atom. The van der Waals surface area contributed by atoms with Crippen molar-refractivity contribution in [1.29, 1.82) is 0 Å². The minimum Gasteiger partial charge on any atom is -0.507 e. The van der Waals surface area contributed by atoms with Gasteiger partial charge >= 0.3 is 0 Å². The first-order valence-electron chi connectivity index (χ1n) is 6.27. The summed E-state index contributed by atoms with van der Waals surface area (Å²) in [6.45, 7) is 5.58. The van der Waals surface area contributed by atoms with Crippen LogP contribution in [0.25, 0.3) is 0 Å². The molecule has 0 spiro atoms. The number of carbonyl (C=O) groups is 1. The van der Waals surface area contributed by atoms with Gasteiger partial charge in [0.05, 0.1) is 5.69 Å². The normalized spacial score (nSPS) is 10.4. The molecular weight excluding hydrogens is 318 g/mol. The highest BCUT2D eigenvalue weighted by atomic mass is 79.9. The van der Waals surface area contributed by atoms with Crippen LogP contribution in [0.4, 0.5) is 5.69 Å². The molecule has 0 radical (unpaired) electrons. The van der Waals surface area contributed by atoms with Crippen LogP contribution in [0.3, 0.4) is 0 Å². The largest absolute Gasteiger partial charge is 0.507 e. The summed E-state index contributed by atoms with van der Waals surface area (Å²) in [5.74, 6) is 0.0698. The molecule has 0 saturated carbocycles. The summed E-state index contributed by atoms with van der Waals surface area (Å²) in [5.41, 5.74) is 3.81. The molecule has 0 saturated heterocycles. The molecular formula is C16H16BrNO2. The van der Waals surface area contributed by atoms with E-state index in [1.807, 2.05) is 19.1 Å². The molecule has 0 aliphatic rings. The Balaban J connectivity index is 2.31. The van der Waals surface area contributed by atoms with Crippen molar-refractivity contribution in [2.75, 3.05) is 5.32 Å². The van der Waals surface area contributed by atoms with E-state index >= 15 is 0 Å². The van der Waals surface area contributed by atoms with E-state index in [4.69, 9.17) is 0 Å². The van der Waals surface area contributed by atoms with Crippen LogP contribution in [-0.2, 0) is 0 Å². The second-order valence-corrected chi connectivity index (χ2v) is 5.64. The number of hydrogen-bond donors (Lipinski definition) is 2. The number of nitrogens with one attached hydrogen (secondary N) is 1. The topological polar surface area (TPSA) is 49.3 Å². The van der Waals surface area contributed by atoms with Crippen LogP contribution in [0.1, 0.15) is 27.0 Å². The van der Waals surface area contributed by atoms with Crippen molar-refractivity contribution in [1.82, 2.24) is 0 Å². The molecule has 2 aromatic rings. The van der Waals surface area contributed by atoms with Crippen LogP contribution >= 0.6 is 15.9 Å². The summed E-state index contributed by atoms with van der Waals surface area (Å²) >= 11 is 3.40. The molecule has 0 aliphatic carbocycles. The lowest BCUT2D eigenvalue weighted by atomic mass is 10.1. The number of hydrogen-bond acceptors (Lipinski definition) is 2. The Morgan fingerprint density at radius 2 is 1.75 bits per heavy atom. The number of carbonyl (C=O) groups excluding carboxylic acids is 1. The van der Waals surface area contributed by atoms with Crippen molar-refractivity contribution in [2.45, 2.75) is 20.8 Å². The van der Waals surface area contributed by atoms with Gasteiger partial charge in [-0.05, 0) is 60.5 Å². The van der Waals surface area contributed by atoms with Crippen molar-refractivity contribution in [2.24, 2.45) is 0 Å². The average molecular weight is 334 g/mol. The molecule has 20 heavy (non-hydrogen) atoms. The molecule has 4 heteroatoms. The monoisotopic (exact) mass is 333 g/mol. The molecule has 3 nitrogen and oxygen atoms in total. The fourth-order valence-corrected chi connectivity index (χ4v) is 2.34. The summed E-state index contributed by atoms with van der Waals surface area (Å²) in [4.78, 5) is 12.2. The second-order valence-electron chi connectivity index (χ2n) is 4.85. The zero-order valence-electron chi connectivity index (χ0n) is 11.6. The van der Waals surface area contributed by atoms with E-state index in [9.17, 15) is 9.90 Å². The Hall–Kier alpha value is -1.81. The van der Waals surface area contributed by atoms with Crippen LogP contribution < -0.4 is 5.32 Å². The highest BCUT2D eigenvalue weighted by molar-refractivity contribution is 9.10. The minimum atomic E-state index is -0.171. The number of aryl methyl sites for hydroxylation is 2. The summed E-state index contributed by atoms with van der Waals surface area (Å²) in [6, 6.07) is 9.13. The average Bonchev–Trinajstić information content (AvgIpc) is 2.43. The van der Waals surface area contributed by atoms with Crippen LogP contribution in [0.2, 0.25) is 0 Å². The zero-order valence-corrected chi connectivity index (χ0v) is 13.2. The third-order valence-corrected chi connectivity index (χ3v) is 4.24. The standard InChI is InChI=1S/C16H16BrNO2/c1-9-4-6-12(7-5-9)16(20)18-13-8-10(2)15(19)11(3)14(13)17/h4-8,19H,1-3H3,(H,18,20).